The van der Waals surface area contributed by atoms with E-state index in [-0.39, 0.29) is 29.9 Å². The van der Waals surface area contributed by atoms with E-state index in [0.717, 1.165) is 43.5 Å². The highest BCUT2D eigenvalue weighted by atomic mass is 127. The van der Waals surface area contributed by atoms with Crippen molar-refractivity contribution in [2.45, 2.75) is 76.9 Å². The van der Waals surface area contributed by atoms with Gasteiger partial charge in [-0.05, 0) is 32.6 Å². The molecule has 176 valence electrons. The number of methoxy groups -OCH3 is 1. The number of rotatable bonds is 7. The van der Waals surface area contributed by atoms with Crippen molar-refractivity contribution in [1.82, 2.24) is 30.3 Å². The lowest BCUT2D eigenvalue weighted by Gasteiger charge is -2.34. The molecule has 0 aromatic carbocycles. The molecule has 2 aliphatic rings. The third-order valence-corrected chi connectivity index (χ3v) is 6.22. The van der Waals surface area contributed by atoms with Gasteiger partial charge in [0.25, 0.3) is 0 Å². The average Bonchev–Trinajstić information content (AvgIpc) is 3.09. The SMILES string of the molecule is COCCC(=O)N1CCC(NC(=NCc2nnc(C)n2C)NC2CCCCC2)CC1.I. The van der Waals surface area contributed by atoms with Crippen LogP contribution in [0.4, 0.5) is 0 Å². The van der Waals surface area contributed by atoms with Gasteiger partial charge in [0.2, 0.25) is 5.91 Å². The molecule has 0 unspecified atom stereocenters. The molecule has 2 N–H and O–H groups in total. The van der Waals surface area contributed by atoms with Gasteiger partial charge in [-0.15, -0.1) is 34.2 Å². The number of halogens is 1. The highest BCUT2D eigenvalue weighted by molar-refractivity contribution is 14.0. The third-order valence-electron chi connectivity index (χ3n) is 6.22. The summed E-state index contributed by atoms with van der Waals surface area (Å²) < 4.78 is 7.01. The molecule has 1 aliphatic heterocycles. The molecular weight excluding hydrogens is 509 g/mol. The number of carbonyl (C=O) groups excluding carboxylic acids is 1. The van der Waals surface area contributed by atoms with Crippen LogP contribution in [0.3, 0.4) is 0 Å². The van der Waals surface area contributed by atoms with Gasteiger partial charge in [0.1, 0.15) is 12.4 Å². The normalized spacial score (nSPS) is 18.5. The molecule has 9 nitrogen and oxygen atoms in total. The first-order chi connectivity index (χ1) is 14.6. The van der Waals surface area contributed by atoms with E-state index in [2.05, 4.69) is 20.8 Å². The highest BCUT2D eigenvalue weighted by Gasteiger charge is 2.24. The van der Waals surface area contributed by atoms with Crippen molar-refractivity contribution in [3.63, 3.8) is 0 Å². The molecular formula is C21H38IN7O2. The number of aromatic nitrogens is 3. The molecule has 0 radical (unpaired) electrons. The Morgan fingerprint density at radius 2 is 1.74 bits per heavy atom. The monoisotopic (exact) mass is 547 g/mol. The molecule has 3 rings (SSSR count). The standard InChI is InChI=1S/C21H37N7O2.HI/c1-16-25-26-19(27(16)2)15-22-21(23-17-7-5-4-6-8-17)24-18-9-12-28(13-10-18)20(29)11-14-30-3;/h17-18H,4-15H2,1-3H3,(H2,22,23,24);1H. The van der Waals surface area contributed by atoms with Crippen molar-refractivity contribution < 1.29 is 9.53 Å². The maximum atomic E-state index is 12.2. The Bertz CT molecular complexity index is 711. The van der Waals surface area contributed by atoms with E-state index < -0.39 is 0 Å². The van der Waals surface area contributed by atoms with Crippen LogP contribution in [0.25, 0.3) is 0 Å². The number of nitrogens with one attached hydrogen (secondary N) is 2. The number of piperidine rings is 1. The van der Waals surface area contributed by atoms with E-state index in [1.807, 2.05) is 23.4 Å². The second-order valence-corrected chi connectivity index (χ2v) is 8.41. The molecule has 1 saturated carbocycles. The lowest BCUT2D eigenvalue weighted by atomic mass is 9.95. The minimum atomic E-state index is 0. The van der Waals surface area contributed by atoms with Crippen molar-refractivity contribution >= 4 is 35.8 Å². The van der Waals surface area contributed by atoms with E-state index in [9.17, 15) is 4.79 Å². The van der Waals surface area contributed by atoms with Gasteiger partial charge in [0.05, 0.1) is 13.0 Å². The molecule has 0 atom stereocenters. The molecule has 0 bridgehead atoms. The Labute approximate surface area is 202 Å². The summed E-state index contributed by atoms with van der Waals surface area (Å²) >= 11 is 0. The van der Waals surface area contributed by atoms with Gasteiger partial charge in [-0.1, -0.05) is 19.3 Å². The Hall–Kier alpha value is -1.43. The molecule has 31 heavy (non-hydrogen) atoms. The van der Waals surface area contributed by atoms with Crippen LogP contribution in [0.1, 0.15) is 63.0 Å². The van der Waals surface area contributed by atoms with E-state index in [4.69, 9.17) is 9.73 Å². The van der Waals surface area contributed by atoms with Gasteiger partial charge in [-0.2, -0.15) is 0 Å². The molecule has 1 amide bonds. The number of hydrogen-bond acceptors (Lipinski definition) is 5. The number of aliphatic imine (C=N–C) groups is 1. The quantitative estimate of drug-likeness (QED) is 0.309. The highest BCUT2D eigenvalue weighted by Crippen LogP contribution is 2.18. The lowest BCUT2D eigenvalue weighted by Crippen LogP contribution is -2.52. The summed E-state index contributed by atoms with van der Waals surface area (Å²) in [5, 5.41) is 15.6. The van der Waals surface area contributed by atoms with Crippen molar-refractivity contribution in [2.75, 3.05) is 26.8 Å². The lowest BCUT2D eigenvalue weighted by molar-refractivity contribution is -0.133. The van der Waals surface area contributed by atoms with Crippen LogP contribution in [0.2, 0.25) is 0 Å². The van der Waals surface area contributed by atoms with Crippen LogP contribution in [-0.2, 0) is 23.1 Å². The molecule has 0 spiro atoms. The Kier molecular flexibility index (Phi) is 11.0. The second-order valence-electron chi connectivity index (χ2n) is 8.41. The molecule has 2 fully saturated rings. The first-order valence-corrected chi connectivity index (χ1v) is 11.3. The number of likely N-dealkylation sites (tertiary alicyclic amines) is 1. The summed E-state index contributed by atoms with van der Waals surface area (Å²) in [6.45, 7) is 4.48. The molecule has 1 aliphatic carbocycles. The van der Waals surface area contributed by atoms with Gasteiger partial charge in [0, 0.05) is 39.3 Å². The predicted octanol–water partition coefficient (Wildman–Crippen LogP) is 2.14. The third kappa shape index (κ3) is 7.89. The van der Waals surface area contributed by atoms with E-state index in [0.29, 0.717) is 31.7 Å². The van der Waals surface area contributed by atoms with Gasteiger partial charge in [-0.3, -0.25) is 4.79 Å². The number of guanidine groups is 1. The molecule has 10 heteroatoms. The Balaban J connectivity index is 0.00000341. The fourth-order valence-corrected chi connectivity index (χ4v) is 4.13. The number of nitrogens with zero attached hydrogens (tertiary/aromatic N) is 5. The van der Waals surface area contributed by atoms with Crippen LogP contribution in [0.15, 0.2) is 4.99 Å². The summed E-state index contributed by atoms with van der Waals surface area (Å²) in [7, 11) is 3.60. The molecule has 1 aromatic rings. The summed E-state index contributed by atoms with van der Waals surface area (Å²) in [5.74, 6) is 2.78. The van der Waals surface area contributed by atoms with Crippen LogP contribution in [0, 0.1) is 6.92 Å². The minimum absolute atomic E-state index is 0. The summed E-state index contributed by atoms with van der Waals surface area (Å²) in [6, 6.07) is 0.787. The zero-order chi connectivity index (χ0) is 21.3. The number of aryl methyl sites for hydroxylation is 1. The van der Waals surface area contributed by atoms with Crippen LogP contribution in [0.5, 0.6) is 0 Å². The number of amides is 1. The summed E-state index contributed by atoms with van der Waals surface area (Å²) in [5.41, 5.74) is 0. The van der Waals surface area contributed by atoms with Crippen molar-refractivity contribution in [3.05, 3.63) is 11.6 Å². The van der Waals surface area contributed by atoms with E-state index in [1.165, 1.54) is 32.1 Å². The van der Waals surface area contributed by atoms with Crippen molar-refractivity contribution in [1.29, 1.82) is 0 Å². The number of hydrogen-bond donors (Lipinski definition) is 2. The van der Waals surface area contributed by atoms with Crippen molar-refractivity contribution in [3.8, 4) is 0 Å². The molecule has 1 saturated heterocycles. The fourth-order valence-electron chi connectivity index (χ4n) is 4.13. The fraction of sp³-hybridized carbons (Fsp3) is 0.810. The second kappa shape index (κ2) is 13.2. The Morgan fingerprint density at radius 1 is 1.10 bits per heavy atom. The van der Waals surface area contributed by atoms with Gasteiger partial charge >= 0.3 is 0 Å². The van der Waals surface area contributed by atoms with Crippen LogP contribution >= 0.6 is 24.0 Å². The zero-order valence-corrected chi connectivity index (χ0v) is 21.4. The van der Waals surface area contributed by atoms with Gasteiger partial charge in [-0.25, -0.2) is 4.99 Å². The number of ether oxygens (including phenoxy) is 1. The first-order valence-electron chi connectivity index (χ1n) is 11.3. The van der Waals surface area contributed by atoms with Crippen LogP contribution < -0.4 is 10.6 Å². The molecule has 1 aromatic heterocycles. The van der Waals surface area contributed by atoms with Crippen molar-refractivity contribution in [2.24, 2.45) is 12.0 Å². The summed E-state index contributed by atoms with van der Waals surface area (Å²) in [6.07, 6.45) is 8.56. The smallest absolute Gasteiger partial charge is 0.224 e. The van der Waals surface area contributed by atoms with E-state index in [1.54, 1.807) is 7.11 Å². The maximum Gasteiger partial charge on any atom is 0.224 e. The Morgan fingerprint density at radius 3 is 2.32 bits per heavy atom. The number of carbonyl (C=O) groups is 1. The predicted molar refractivity (Wildman–Crippen MR) is 132 cm³/mol. The minimum Gasteiger partial charge on any atom is -0.384 e. The zero-order valence-electron chi connectivity index (χ0n) is 19.1. The largest absolute Gasteiger partial charge is 0.384 e. The van der Waals surface area contributed by atoms with Gasteiger partial charge in [0.15, 0.2) is 11.8 Å². The van der Waals surface area contributed by atoms with E-state index >= 15 is 0 Å². The summed E-state index contributed by atoms with van der Waals surface area (Å²) in [4.78, 5) is 19.0. The van der Waals surface area contributed by atoms with Gasteiger partial charge < -0.3 is 24.8 Å². The first kappa shape index (κ1) is 25.8. The molecule has 2 heterocycles. The topological polar surface area (TPSA) is 96.7 Å². The van der Waals surface area contributed by atoms with Crippen LogP contribution in [-0.4, -0.2) is 70.4 Å². The average molecular weight is 547 g/mol. The maximum absolute atomic E-state index is 12.2.